The Labute approximate surface area is 195 Å². The summed E-state index contributed by atoms with van der Waals surface area (Å²) in [4.78, 5) is 16.2. The Balaban J connectivity index is 1.50. The summed E-state index contributed by atoms with van der Waals surface area (Å²) >= 11 is 10.4. The quantitative estimate of drug-likeness (QED) is 0.210. The molecule has 8 heteroatoms. The van der Waals surface area contributed by atoms with Gasteiger partial charge < -0.3 is 14.3 Å². The smallest absolute Gasteiger partial charge is 0.342 e. The van der Waals surface area contributed by atoms with Gasteiger partial charge in [-0.05, 0) is 81.3 Å². The van der Waals surface area contributed by atoms with Crippen molar-refractivity contribution in [3.05, 3.63) is 92.3 Å². The molecule has 156 valence electrons. The van der Waals surface area contributed by atoms with Crippen molar-refractivity contribution in [2.24, 2.45) is 0 Å². The highest BCUT2D eigenvalue weighted by atomic mass is 79.9. The van der Waals surface area contributed by atoms with Gasteiger partial charge in [-0.3, -0.25) is 0 Å². The third-order valence-electron chi connectivity index (χ3n) is 4.24. The summed E-state index contributed by atoms with van der Waals surface area (Å²) in [6.45, 7) is 0.388. The number of carboxylic acids is 1. The maximum Gasteiger partial charge on any atom is 0.342 e. The van der Waals surface area contributed by atoms with Crippen molar-refractivity contribution in [3.63, 3.8) is 0 Å². The first kappa shape index (κ1) is 21.5. The number of hydrogen-bond donors (Lipinski definition) is 1. The van der Waals surface area contributed by atoms with E-state index in [2.05, 4.69) is 20.9 Å². The van der Waals surface area contributed by atoms with Crippen molar-refractivity contribution in [1.29, 1.82) is 0 Å². The van der Waals surface area contributed by atoms with Gasteiger partial charge in [-0.2, -0.15) is 0 Å². The highest BCUT2D eigenvalue weighted by Crippen LogP contribution is 2.32. The van der Waals surface area contributed by atoms with Gasteiger partial charge in [0.05, 0.1) is 4.47 Å². The Hall–Kier alpha value is -2.74. The molecule has 31 heavy (non-hydrogen) atoms. The number of aliphatic carboxylic acids is 1. The van der Waals surface area contributed by atoms with Gasteiger partial charge in [0, 0.05) is 5.02 Å². The Bertz CT molecular complexity index is 1240. The zero-order valence-electron chi connectivity index (χ0n) is 15.9. The van der Waals surface area contributed by atoms with Crippen LogP contribution >= 0.6 is 39.3 Å². The van der Waals surface area contributed by atoms with Crippen LogP contribution in [-0.2, 0) is 11.4 Å². The second-order valence-corrected chi connectivity index (χ2v) is 8.75. The average Bonchev–Trinajstić information content (AvgIpc) is 3.16. The van der Waals surface area contributed by atoms with Gasteiger partial charge >= 0.3 is 5.97 Å². The molecule has 0 bridgehead atoms. The summed E-state index contributed by atoms with van der Waals surface area (Å²) in [7, 11) is 0. The largest absolute Gasteiger partial charge is 0.488 e. The van der Waals surface area contributed by atoms with Crippen molar-refractivity contribution in [3.8, 4) is 5.75 Å². The molecule has 0 spiro atoms. The van der Waals surface area contributed by atoms with Crippen LogP contribution < -0.4 is 4.74 Å². The summed E-state index contributed by atoms with van der Waals surface area (Å²) in [5, 5.41) is 10.6. The van der Waals surface area contributed by atoms with Crippen LogP contribution in [0.2, 0.25) is 5.02 Å². The van der Waals surface area contributed by atoms with Gasteiger partial charge in [0.25, 0.3) is 5.22 Å². The molecule has 0 saturated carbocycles. The fourth-order valence-corrected chi connectivity index (χ4v) is 4.12. The second-order valence-electron chi connectivity index (χ2n) is 6.47. The third kappa shape index (κ3) is 5.50. The molecule has 0 atom stereocenters. The van der Waals surface area contributed by atoms with E-state index in [4.69, 9.17) is 20.8 Å². The molecule has 4 rings (SSSR count). The van der Waals surface area contributed by atoms with Crippen LogP contribution in [0.25, 0.3) is 17.2 Å². The fraction of sp³-hybridized carbons (Fsp3) is 0.0435. The Morgan fingerprint density at radius 2 is 1.94 bits per heavy atom. The number of fused-ring (bicyclic) bond motifs is 1. The first-order valence-electron chi connectivity index (χ1n) is 9.13. The van der Waals surface area contributed by atoms with Crippen LogP contribution in [0.5, 0.6) is 5.75 Å². The summed E-state index contributed by atoms with van der Waals surface area (Å²) < 4.78 is 12.2. The van der Waals surface area contributed by atoms with Gasteiger partial charge in [-0.25, -0.2) is 9.78 Å². The van der Waals surface area contributed by atoms with Crippen molar-refractivity contribution in [2.75, 3.05) is 0 Å². The summed E-state index contributed by atoms with van der Waals surface area (Å²) in [6.07, 6.45) is 1.57. The van der Waals surface area contributed by atoms with Gasteiger partial charge in [0.1, 0.15) is 22.8 Å². The number of oxazole rings is 1. The van der Waals surface area contributed by atoms with E-state index >= 15 is 0 Å². The number of para-hydroxylation sites is 2. The van der Waals surface area contributed by atoms with Crippen LogP contribution in [0.3, 0.4) is 0 Å². The lowest BCUT2D eigenvalue weighted by atomic mass is 10.2. The van der Waals surface area contributed by atoms with Gasteiger partial charge in [-0.1, -0.05) is 41.9 Å². The molecule has 1 N–H and O–H groups in total. The number of halogens is 2. The summed E-state index contributed by atoms with van der Waals surface area (Å²) in [6, 6.07) is 20.1. The van der Waals surface area contributed by atoms with E-state index in [-0.39, 0.29) is 10.1 Å². The molecule has 0 aliphatic rings. The third-order valence-corrected chi connectivity index (χ3v) is 5.98. The van der Waals surface area contributed by atoms with Gasteiger partial charge in [-0.15, -0.1) is 0 Å². The minimum atomic E-state index is -1.06. The minimum Gasteiger partial charge on any atom is -0.488 e. The monoisotopic (exact) mass is 515 g/mol. The molecule has 0 fully saturated rings. The standard InChI is InChI=1S/C23H15BrClNO4S/c24-17-11-15(7-10-19(17)29-13-14-5-8-16(25)9-6-14)12-21(22(27)28)31-23-26-18-3-1-2-4-20(18)30-23/h1-12H,13H2,(H,27,28)/b21-12-. The highest BCUT2D eigenvalue weighted by Gasteiger charge is 2.15. The van der Waals surface area contributed by atoms with Crippen molar-refractivity contribution in [1.82, 2.24) is 4.98 Å². The van der Waals surface area contributed by atoms with Crippen molar-refractivity contribution >= 4 is 62.4 Å². The van der Waals surface area contributed by atoms with Crippen LogP contribution in [0.4, 0.5) is 0 Å². The first-order valence-corrected chi connectivity index (χ1v) is 11.1. The van der Waals surface area contributed by atoms with Gasteiger partial charge in [0.2, 0.25) is 0 Å². The maximum absolute atomic E-state index is 11.8. The number of carboxylic acid groups (broad SMARTS) is 1. The zero-order valence-corrected chi connectivity index (χ0v) is 19.1. The number of thioether (sulfide) groups is 1. The molecule has 1 aromatic heterocycles. The fourth-order valence-electron chi connectivity index (χ4n) is 2.74. The van der Waals surface area contributed by atoms with Gasteiger partial charge in [0.15, 0.2) is 5.58 Å². The number of nitrogens with zero attached hydrogens (tertiary/aromatic N) is 1. The van der Waals surface area contributed by atoms with E-state index in [1.54, 1.807) is 30.3 Å². The van der Waals surface area contributed by atoms with Crippen LogP contribution in [-0.4, -0.2) is 16.1 Å². The SMILES string of the molecule is O=C(O)/C(=C/c1ccc(OCc2ccc(Cl)cc2)c(Br)c1)Sc1nc2ccccc2o1. The van der Waals surface area contributed by atoms with E-state index in [1.807, 2.05) is 42.5 Å². The van der Waals surface area contributed by atoms with Crippen LogP contribution in [0.15, 0.2) is 85.7 Å². The number of hydrogen-bond acceptors (Lipinski definition) is 5. The molecule has 0 unspecified atom stereocenters. The topological polar surface area (TPSA) is 72.6 Å². The number of benzene rings is 3. The van der Waals surface area contributed by atoms with Crippen molar-refractivity contribution in [2.45, 2.75) is 11.8 Å². The lowest BCUT2D eigenvalue weighted by Crippen LogP contribution is -1.98. The number of rotatable bonds is 7. The van der Waals surface area contributed by atoms with Crippen molar-refractivity contribution < 1.29 is 19.1 Å². The van der Waals surface area contributed by atoms with E-state index in [9.17, 15) is 9.90 Å². The molecule has 5 nitrogen and oxygen atoms in total. The first-order chi connectivity index (χ1) is 15.0. The predicted molar refractivity (Wildman–Crippen MR) is 125 cm³/mol. The van der Waals surface area contributed by atoms with E-state index in [0.29, 0.717) is 38.5 Å². The van der Waals surface area contributed by atoms with Crippen LogP contribution in [0.1, 0.15) is 11.1 Å². The van der Waals surface area contributed by atoms with E-state index in [1.165, 1.54) is 0 Å². The average molecular weight is 517 g/mol. The molecular weight excluding hydrogens is 502 g/mol. The molecular formula is C23H15BrClNO4S. The Morgan fingerprint density at radius 3 is 2.65 bits per heavy atom. The maximum atomic E-state index is 11.8. The molecule has 0 aliphatic carbocycles. The van der Waals surface area contributed by atoms with E-state index in [0.717, 1.165) is 17.3 Å². The second kappa shape index (κ2) is 9.60. The molecule has 1 heterocycles. The summed E-state index contributed by atoms with van der Waals surface area (Å²) in [5.74, 6) is -0.415. The molecule has 0 saturated heterocycles. The number of ether oxygens (including phenoxy) is 1. The number of carbonyl (C=O) groups is 1. The lowest BCUT2D eigenvalue weighted by Gasteiger charge is -2.09. The molecule has 0 aliphatic heterocycles. The Kier molecular flexibility index (Phi) is 6.65. The highest BCUT2D eigenvalue weighted by molar-refractivity contribution is 9.10. The molecule has 0 amide bonds. The van der Waals surface area contributed by atoms with Crippen LogP contribution in [0, 0.1) is 0 Å². The van der Waals surface area contributed by atoms with E-state index < -0.39 is 5.97 Å². The normalized spacial score (nSPS) is 11.6. The lowest BCUT2D eigenvalue weighted by molar-refractivity contribution is -0.131. The zero-order chi connectivity index (χ0) is 21.8. The Morgan fingerprint density at radius 1 is 1.16 bits per heavy atom. The molecule has 0 radical (unpaired) electrons. The summed E-state index contributed by atoms with van der Waals surface area (Å²) in [5.41, 5.74) is 2.98. The minimum absolute atomic E-state index is 0.0910. The number of aromatic nitrogens is 1. The molecule has 3 aromatic carbocycles. The predicted octanol–water partition coefficient (Wildman–Crippen LogP) is 7.04. The molecule has 4 aromatic rings.